The van der Waals surface area contributed by atoms with E-state index in [9.17, 15) is 13.2 Å². The van der Waals surface area contributed by atoms with E-state index in [2.05, 4.69) is 25.1 Å². The zero-order valence-corrected chi connectivity index (χ0v) is 26.0. The molecule has 14 heteroatoms. The first kappa shape index (κ1) is 31.3. The van der Waals surface area contributed by atoms with Crippen LogP contribution in [0.5, 0.6) is 11.5 Å². The number of rotatable bonds is 8. The summed E-state index contributed by atoms with van der Waals surface area (Å²) in [7, 11) is 3.11. The molecule has 46 heavy (non-hydrogen) atoms. The van der Waals surface area contributed by atoms with Crippen molar-refractivity contribution in [2.75, 3.05) is 19.1 Å². The van der Waals surface area contributed by atoms with E-state index in [0.717, 1.165) is 11.1 Å². The van der Waals surface area contributed by atoms with E-state index in [4.69, 9.17) is 32.7 Å². The molecule has 3 aromatic heterocycles. The average Bonchev–Trinajstić information content (AvgIpc) is 3.49. The van der Waals surface area contributed by atoms with Gasteiger partial charge in [-0.15, -0.1) is 0 Å². The number of anilines is 1. The molecule has 0 fully saturated rings. The molecule has 0 atom stereocenters. The van der Waals surface area contributed by atoms with Crippen LogP contribution in [0.3, 0.4) is 0 Å². The molecule has 0 unspecified atom stereocenters. The minimum Gasteiger partial charge on any atom is -0.497 e. The summed E-state index contributed by atoms with van der Waals surface area (Å²) < 4.78 is 71.4. The number of hydrogen-bond acceptors (Lipinski definition) is 7. The van der Waals surface area contributed by atoms with Gasteiger partial charge in [0.2, 0.25) is 5.28 Å². The maximum atomic E-state index is 16.5. The van der Waals surface area contributed by atoms with Crippen molar-refractivity contribution in [2.24, 2.45) is 0 Å². The van der Waals surface area contributed by atoms with Crippen molar-refractivity contribution < 1.29 is 27.0 Å². The van der Waals surface area contributed by atoms with Crippen molar-refractivity contribution in [3.05, 3.63) is 99.3 Å². The van der Waals surface area contributed by atoms with Gasteiger partial charge in [0.05, 0.1) is 42.6 Å². The first-order chi connectivity index (χ1) is 22.0. The Morgan fingerprint density at radius 1 is 0.870 bits per heavy atom. The number of aryl methyl sites for hydroxylation is 1. The molecule has 0 radical (unpaired) electrons. The Hall–Kier alpha value is -4.68. The second-order valence-corrected chi connectivity index (χ2v) is 11.1. The number of halogens is 6. The number of pyridine rings is 1. The lowest BCUT2D eigenvalue weighted by Gasteiger charge is -2.27. The predicted molar refractivity (Wildman–Crippen MR) is 168 cm³/mol. The van der Waals surface area contributed by atoms with E-state index >= 15 is 4.39 Å². The Morgan fingerprint density at radius 3 is 2.00 bits per heavy atom. The number of ether oxygens (including phenoxy) is 2. The van der Waals surface area contributed by atoms with Crippen LogP contribution in [0.4, 0.5) is 23.4 Å². The van der Waals surface area contributed by atoms with Gasteiger partial charge in [0.1, 0.15) is 28.0 Å². The smallest absolute Gasteiger partial charge is 0.418 e. The molecule has 0 aliphatic heterocycles. The van der Waals surface area contributed by atoms with Crippen LogP contribution in [0.1, 0.15) is 22.3 Å². The van der Waals surface area contributed by atoms with Crippen LogP contribution in [0.25, 0.3) is 33.1 Å². The van der Waals surface area contributed by atoms with Crippen LogP contribution in [0.15, 0.2) is 60.8 Å². The van der Waals surface area contributed by atoms with Crippen molar-refractivity contribution >= 4 is 50.8 Å². The SMILES string of the molecule is COc1ccc(CN(Cc2ccc(OC)cc2)c2cc(C)c(C(F)(F)F)c(-c3c(F)c4nc(Cl)nc(Cl)c4c4[nH]ncc34)n2)cc1. The van der Waals surface area contributed by atoms with Gasteiger partial charge < -0.3 is 14.4 Å². The summed E-state index contributed by atoms with van der Waals surface area (Å²) in [5, 5.41) is 6.15. The van der Waals surface area contributed by atoms with Crippen molar-refractivity contribution in [1.82, 2.24) is 25.1 Å². The molecule has 3 heterocycles. The molecule has 0 saturated heterocycles. The third-order valence-corrected chi connectivity index (χ3v) is 7.98. The topological polar surface area (TPSA) is 89.0 Å². The molecule has 0 spiro atoms. The number of fused-ring (bicyclic) bond motifs is 3. The summed E-state index contributed by atoms with van der Waals surface area (Å²) in [6.07, 6.45) is -3.67. The van der Waals surface area contributed by atoms with Gasteiger partial charge in [-0.25, -0.2) is 19.3 Å². The molecule has 236 valence electrons. The summed E-state index contributed by atoms with van der Waals surface area (Å²) in [5.74, 6) is 0.385. The first-order valence-corrected chi connectivity index (χ1v) is 14.5. The quantitative estimate of drug-likeness (QED) is 0.0986. The molecule has 6 rings (SSSR count). The standard InChI is InChI=1S/C32H24Cl2F4N6O2/c1-16-12-22(44(14-17-4-8-19(45-2)9-5-17)15-18-6-10-20(46-3)11-7-18)40-28(25(16)32(36,37)38)23-21-13-39-43-27(21)24-29(26(23)35)41-31(34)42-30(24)33/h4-13H,14-15H2,1-3H3,(H,39,43). The molecule has 0 amide bonds. The highest BCUT2D eigenvalue weighted by atomic mass is 35.5. The average molecular weight is 671 g/mol. The van der Waals surface area contributed by atoms with Crippen LogP contribution in [0, 0.1) is 12.7 Å². The Balaban J connectivity index is 1.59. The number of aromatic nitrogens is 5. The fraction of sp³-hybridized carbons (Fsp3) is 0.188. The lowest BCUT2D eigenvalue weighted by molar-refractivity contribution is -0.137. The van der Waals surface area contributed by atoms with Gasteiger partial charge in [-0.3, -0.25) is 5.10 Å². The second kappa shape index (κ2) is 12.3. The molecule has 0 saturated carbocycles. The number of alkyl halides is 3. The maximum absolute atomic E-state index is 16.5. The summed E-state index contributed by atoms with van der Waals surface area (Å²) in [4.78, 5) is 14.2. The van der Waals surface area contributed by atoms with Gasteiger partial charge in [0, 0.05) is 24.0 Å². The zero-order valence-electron chi connectivity index (χ0n) is 24.5. The Bertz CT molecular complexity index is 2020. The summed E-state index contributed by atoms with van der Waals surface area (Å²) in [5.41, 5.74) is -0.895. The lowest BCUT2D eigenvalue weighted by Crippen LogP contribution is -2.24. The van der Waals surface area contributed by atoms with Crippen LogP contribution < -0.4 is 14.4 Å². The van der Waals surface area contributed by atoms with E-state index in [1.807, 2.05) is 29.2 Å². The molecular weight excluding hydrogens is 647 g/mol. The summed E-state index contributed by atoms with van der Waals surface area (Å²) in [6, 6.07) is 15.9. The maximum Gasteiger partial charge on any atom is 0.418 e. The first-order valence-electron chi connectivity index (χ1n) is 13.8. The predicted octanol–water partition coefficient (Wildman–Crippen LogP) is 8.57. The third kappa shape index (κ3) is 5.85. The van der Waals surface area contributed by atoms with Crippen LogP contribution in [-0.4, -0.2) is 39.4 Å². The van der Waals surface area contributed by atoms with Gasteiger partial charge >= 0.3 is 6.18 Å². The van der Waals surface area contributed by atoms with Crippen LogP contribution in [-0.2, 0) is 19.3 Å². The third-order valence-electron chi connectivity index (χ3n) is 7.54. The minimum absolute atomic E-state index is 0.0178. The zero-order chi connectivity index (χ0) is 32.7. The minimum atomic E-state index is -4.89. The molecule has 0 aliphatic carbocycles. The highest BCUT2D eigenvalue weighted by Gasteiger charge is 2.39. The monoisotopic (exact) mass is 670 g/mol. The largest absolute Gasteiger partial charge is 0.497 e. The molecule has 6 aromatic rings. The molecular formula is C32H24Cl2F4N6O2. The van der Waals surface area contributed by atoms with Crippen molar-refractivity contribution in [2.45, 2.75) is 26.2 Å². The van der Waals surface area contributed by atoms with Crippen molar-refractivity contribution in [3.63, 3.8) is 0 Å². The number of methoxy groups -OCH3 is 2. The molecule has 8 nitrogen and oxygen atoms in total. The van der Waals surface area contributed by atoms with Gasteiger partial charge in [-0.05, 0) is 65.5 Å². The molecule has 0 aliphatic rings. The summed E-state index contributed by atoms with van der Waals surface area (Å²) in [6.45, 7) is 1.83. The van der Waals surface area contributed by atoms with Gasteiger partial charge in [-0.1, -0.05) is 35.9 Å². The van der Waals surface area contributed by atoms with E-state index in [-0.39, 0.29) is 56.7 Å². The van der Waals surface area contributed by atoms with Crippen molar-refractivity contribution in [1.29, 1.82) is 0 Å². The van der Waals surface area contributed by atoms with E-state index in [1.165, 1.54) is 19.2 Å². The number of H-pyrrole nitrogens is 1. The molecule has 1 N–H and O–H groups in total. The number of hydrogen-bond donors (Lipinski definition) is 1. The normalized spacial score (nSPS) is 11.8. The van der Waals surface area contributed by atoms with E-state index < -0.39 is 28.8 Å². The Morgan fingerprint density at radius 2 is 1.46 bits per heavy atom. The molecule has 3 aromatic carbocycles. The van der Waals surface area contributed by atoms with E-state index in [1.54, 1.807) is 38.5 Å². The number of benzene rings is 3. The van der Waals surface area contributed by atoms with Gasteiger partial charge in [-0.2, -0.15) is 18.3 Å². The fourth-order valence-corrected chi connectivity index (χ4v) is 5.88. The Kier molecular flexibility index (Phi) is 8.34. The Labute approximate surface area is 269 Å². The van der Waals surface area contributed by atoms with Gasteiger partial charge in [0.15, 0.2) is 5.82 Å². The second-order valence-electron chi connectivity index (χ2n) is 10.4. The summed E-state index contributed by atoms with van der Waals surface area (Å²) >= 11 is 12.3. The fourth-order valence-electron chi connectivity index (χ4n) is 5.40. The number of nitrogens with zero attached hydrogens (tertiary/aromatic N) is 5. The van der Waals surface area contributed by atoms with E-state index in [0.29, 0.717) is 11.5 Å². The highest BCUT2D eigenvalue weighted by molar-refractivity contribution is 6.38. The lowest BCUT2D eigenvalue weighted by atomic mass is 9.96. The van der Waals surface area contributed by atoms with Crippen molar-refractivity contribution in [3.8, 4) is 22.8 Å². The van der Waals surface area contributed by atoms with Gasteiger partial charge in [0.25, 0.3) is 0 Å². The number of nitrogens with one attached hydrogen (secondary N) is 1. The number of aromatic amines is 1. The van der Waals surface area contributed by atoms with Crippen LogP contribution in [0.2, 0.25) is 10.4 Å². The molecule has 0 bridgehead atoms. The van der Waals surface area contributed by atoms with Crippen LogP contribution >= 0.6 is 23.2 Å². The highest BCUT2D eigenvalue weighted by Crippen LogP contribution is 2.45.